The van der Waals surface area contributed by atoms with Gasteiger partial charge < -0.3 is 9.88 Å². The highest BCUT2D eigenvalue weighted by Gasteiger charge is 2.19. The zero-order valence-corrected chi connectivity index (χ0v) is 20.7. The van der Waals surface area contributed by atoms with Crippen molar-refractivity contribution >= 4 is 28.7 Å². The Hall–Kier alpha value is -2.70. The second kappa shape index (κ2) is 10.3. The first kappa shape index (κ1) is 24.0. The summed E-state index contributed by atoms with van der Waals surface area (Å²) >= 11 is 1.76. The third-order valence-corrected chi connectivity index (χ3v) is 6.74. The van der Waals surface area contributed by atoms with Crippen LogP contribution in [0.25, 0.3) is 0 Å². The zero-order chi connectivity index (χ0) is 23.4. The average molecular weight is 452 g/mol. The molecule has 0 spiro atoms. The summed E-state index contributed by atoms with van der Waals surface area (Å²) in [6.45, 7) is 11.3. The highest BCUT2D eigenvalue weighted by molar-refractivity contribution is 7.09. The van der Waals surface area contributed by atoms with Crippen LogP contribution in [0.3, 0.4) is 0 Å². The summed E-state index contributed by atoms with van der Waals surface area (Å²) in [5.41, 5.74) is 6.95. The van der Waals surface area contributed by atoms with Crippen LogP contribution in [0.1, 0.15) is 43.3 Å². The Morgan fingerprint density at radius 2 is 1.72 bits per heavy atom. The van der Waals surface area contributed by atoms with Crippen LogP contribution in [0.15, 0.2) is 35.7 Å². The number of hydrogen-bond donors (Lipinski definition) is 1. The van der Waals surface area contributed by atoms with Crippen molar-refractivity contribution in [3.05, 3.63) is 74.2 Å². The Morgan fingerprint density at radius 3 is 2.34 bits per heavy atom. The minimum Gasteiger partial charge on any atom is -0.348 e. The van der Waals surface area contributed by atoms with Crippen LogP contribution in [0.5, 0.6) is 0 Å². The van der Waals surface area contributed by atoms with E-state index in [0.29, 0.717) is 0 Å². The molecule has 0 saturated carbocycles. The molecule has 0 radical (unpaired) electrons. The van der Waals surface area contributed by atoms with E-state index >= 15 is 0 Å². The number of likely N-dealkylation sites (N-methyl/N-ethyl adjacent to an activating group) is 1. The van der Waals surface area contributed by atoms with Gasteiger partial charge in [-0.05, 0) is 76.7 Å². The fourth-order valence-corrected chi connectivity index (χ4v) is 4.99. The fraction of sp³-hybridized carbons (Fsp3) is 0.385. The summed E-state index contributed by atoms with van der Waals surface area (Å²) in [6, 6.07) is 10.3. The molecule has 0 fully saturated rings. The summed E-state index contributed by atoms with van der Waals surface area (Å²) in [6.07, 6.45) is 0.958. The van der Waals surface area contributed by atoms with Crippen LogP contribution in [0.4, 0.5) is 5.69 Å². The number of hydrogen-bond acceptors (Lipinski definition) is 4. The van der Waals surface area contributed by atoms with Gasteiger partial charge in [0.1, 0.15) is 0 Å². The van der Waals surface area contributed by atoms with Crippen LogP contribution in [0.2, 0.25) is 0 Å². The Morgan fingerprint density at radius 1 is 1.03 bits per heavy atom. The normalized spacial score (nSPS) is 11.2. The zero-order valence-electron chi connectivity index (χ0n) is 19.9. The number of benzene rings is 1. The molecule has 0 aliphatic rings. The lowest BCUT2D eigenvalue weighted by molar-refractivity contribution is -0.116. The summed E-state index contributed by atoms with van der Waals surface area (Å²) in [5.74, 6) is -0.0738. The van der Waals surface area contributed by atoms with Gasteiger partial charge in [0, 0.05) is 34.1 Å². The average Bonchev–Trinajstić information content (AvgIpc) is 3.31. The van der Waals surface area contributed by atoms with Crippen molar-refractivity contribution in [1.82, 2.24) is 9.47 Å². The van der Waals surface area contributed by atoms with E-state index in [9.17, 15) is 9.59 Å². The number of anilines is 1. The van der Waals surface area contributed by atoms with Crippen molar-refractivity contribution in [3.8, 4) is 0 Å². The minimum atomic E-state index is -0.114. The lowest BCUT2D eigenvalue weighted by Gasteiger charge is -2.18. The van der Waals surface area contributed by atoms with Gasteiger partial charge in [0.15, 0.2) is 5.78 Å². The summed E-state index contributed by atoms with van der Waals surface area (Å²) < 4.78 is 2.21. The first-order valence-electron chi connectivity index (χ1n) is 10.9. The largest absolute Gasteiger partial charge is 0.348 e. The molecule has 170 valence electrons. The van der Waals surface area contributed by atoms with E-state index in [-0.39, 0.29) is 24.8 Å². The second-order valence-electron chi connectivity index (χ2n) is 8.68. The number of carbonyl (C=O) groups is 2. The van der Waals surface area contributed by atoms with Crippen molar-refractivity contribution in [2.75, 3.05) is 25.5 Å². The number of aromatic nitrogens is 1. The Balaban J connectivity index is 1.59. The fourth-order valence-electron chi connectivity index (χ4n) is 4.29. The maximum atomic E-state index is 13.0. The maximum absolute atomic E-state index is 13.0. The van der Waals surface area contributed by atoms with Crippen molar-refractivity contribution in [2.24, 2.45) is 0 Å². The molecule has 5 nitrogen and oxygen atoms in total. The molecule has 3 rings (SSSR count). The van der Waals surface area contributed by atoms with Crippen molar-refractivity contribution < 1.29 is 9.59 Å². The molecule has 1 N–H and O–H groups in total. The van der Waals surface area contributed by atoms with Gasteiger partial charge >= 0.3 is 0 Å². The van der Waals surface area contributed by atoms with Gasteiger partial charge in [-0.3, -0.25) is 14.5 Å². The smallest absolute Gasteiger partial charge is 0.238 e. The molecule has 1 amide bonds. The SMILES string of the molecule is Cc1cc(C)c(NC(=O)CN(C)CC(=O)c2cc(C)n(CCc3cccs3)c2C)c(C)c1. The molecular formula is C26H33N3O2S. The number of Topliss-reactive ketones (excluding diaryl/α,β-unsaturated/α-hetero) is 1. The van der Waals surface area contributed by atoms with Gasteiger partial charge in [0.05, 0.1) is 13.1 Å². The highest BCUT2D eigenvalue weighted by Crippen LogP contribution is 2.22. The first-order chi connectivity index (χ1) is 15.2. The van der Waals surface area contributed by atoms with E-state index in [2.05, 4.69) is 39.5 Å². The maximum Gasteiger partial charge on any atom is 0.238 e. The lowest BCUT2D eigenvalue weighted by Crippen LogP contribution is -2.34. The molecule has 1 aromatic carbocycles. The molecule has 3 aromatic rings. The summed E-state index contributed by atoms with van der Waals surface area (Å²) in [5, 5.41) is 5.10. The minimum absolute atomic E-state index is 0.0403. The first-order valence-corrected chi connectivity index (χ1v) is 11.8. The molecular weight excluding hydrogens is 418 g/mol. The van der Waals surface area contributed by atoms with Crippen molar-refractivity contribution in [3.63, 3.8) is 0 Å². The van der Waals surface area contributed by atoms with E-state index in [4.69, 9.17) is 0 Å². The van der Waals surface area contributed by atoms with E-state index in [0.717, 1.165) is 46.7 Å². The third kappa shape index (κ3) is 5.75. The van der Waals surface area contributed by atoms with Gasteiger partial charge in [-0.2, -0.15) is 0 Å². The molecule has 0 bridgehead atoms. The number of nitrogens with zero attached hydrogens (tertiary/aromatic N) is 2. The predicted octanol–water partition coefficient (Wildman–Crippen LogP) is 5.09. The van der Waals surface area contributed by atoms with Crippen LogP contribution < -0.4 is 5.32 Å². The van der Waals surface area contributed by atoms with Crippen LogP contribution in [0, 0.1) is 34.6 Å². The highest BCUT2D eigenvalue weighted by atomic mass is 32.1. The molecule has 32 heavy (non-hydrogen) atoms. The van der Waals surface area contributed by atoms with Crippen LogP contribution in [-0.4, -0.2) is 41.3 Å². The standard InChI is InChI=1S/C26H33N3O2S/c1-17-12-18(2)26(19(3)13-17)27-25(31)16-28(6)15-24(30)23-14-20(4)29(21(23)5)10-9-22-8-7-11-32-22/h7-8,11-14H,9-10,15-16H2,1-6H3,(H,27,31). The number of amides is 1. The lowest BCUT2D eigenvalue weighted by atomic mass is 10.1. The number of ketones is 1. The Kier molecular flexibility index (Phi) is 7.69. The van der Waals surface area contributed by atoms with Gasteiger partial charge in [0.2, 0.25) is 5.91 Å². The van der Waals surface area contributed by atoms with Gasteiger partial charge in [0.25, 0.3) is 0 Å². The predicted molar refractivity (Wildman–Crippen MR) is 133 cm³/mol. The summed E-state index contributed by atoms with van der Waals surface area (Å²) in [4.78, 5) is 28.7. The van der Waals surface area contributed by atoms with E-state index in [1.54, 1.807) is 16.2 Å². The molecule has 2 heterocycles. The monoisotopic (exact) mass is 451 g/mol. The van der Waals surface area contributed by atoms with Crippen molar-refractivity contribution in [2.45, 2.75) is 47.6 Å². The second-order valence-corrected chi connectivity index (χ2v) is 9.72. The Labute approximate surface area is 195 Å². The molecule has 0 aliphatic heterocycles. The quantitative estimate of drug-likeness (QED) is 0.461. The van der Waals surface area contributed by atoms with Gasteiger partial charge in [-0.25, -0.2) is 0 Å². The van der Waals surface area contributed by atoms with Gasteiger partial charge in [-0.1, -0.05) is 23.8 Å². The van der Waals surface area contributed by atoms with Crippen LogP contribution in [-0.2, 0) is 17.8 Å². The molecule has 0 aliphatic carbocycles. The number of aryl methyl sites for hydroxylation is 5. The third-order valence-electron chi connectivity index (χ3n) is 5.80. The molecule has 0 saturated heterocycles. The molecule has 0 atom stereocenters. The van der Waals surface area contributed by atoms with Crippen molar-refractivity contribution in [1.29, 1.82) is 0 Å². The van der Waals surface area contributed by atoms with Gasteiger partial charge in [-0.15, -0.1) is 11.3 Å². The van der Waals surface area contributed by atoms with E-state index < -0.39 is 0 Å². The van der Waals surface area contributed by atoms with E-state index in [1.165, 1.54) is 10.4 Å². The number of thiophene rings is 1. The van der Waals surface area contributed by atoms with E-state index in [1.807, 2.05) is 47.7 Å². The molecule has 2 aromatic heterocycles. The molecule has 0 unspecified atom stereocenters. The topological polar surface area (TPSA) is 54.3 Å². The number of carbonyl (C=O) groups excluding carboxylic acids is 2. The Bertz CT molecular complexity index is 1090. The van der Waals surface area contributed by atoms with Crippen LogP contribution >= 0.6 is 11.3 Å². The number of rotatable bonds is 9. The molecule has 6 heteroatoms. The number of nitrogens with one attached hydrogen (secondary N) is 1. The summed E-state index contributed by atoms with van der Waals surface area (Å²) in [7, 11) is 1.81.